The average Bonchev–Trinajstić information content (AvgIpc) is 2.53. The Bertz CT molecular complexity index is 310. The van der Waals surface area contributed by atoms with E-state index in [1.165, 1.54) is 0 Å². The molecular formula is C16H34N4O4. The molecule has 6 N–H and O–H groups in total. The first kappa shape index (κ1) is 22.5. The average molecular weight is 346 g/mol. The number of carbonyl (C=O) groups is 2. The summed E-state index contributed by atoms with van der Waals surface area (Å²) in [7, 11) is 0. The molecule has 0 aromatic carbocycles. The van der Waals surface area contributed by atoms with Crippen LogP contribution in [0.2, 0.25) is 0 Å². The van der Waals surface area contributed by atoms with E-state index in [1.807, 2.05) is 13.8 Å². The minimum absolute atomic E-state index is 0.0163. The zero-order chi connectivity index (χ0) is 18.2. The fourth-order valence-electron chi connectivity index (χ4n) is 2.41. The lowest BCUT2D eigenvalue weighted by atomic mass is 10.1. The summed E-state index contributed by atoms with van der Waals surface area (Å²) in [6.07, 6.45) is 3.39. The maximum atomic E-state index is 10.6. The number of hydrogen-bond acceptors (Lipinski definition) is 4. The van der Waals surface area contributed by atoms with Crippen molar-refractivity contribution < 1.29 is 19.8 Å². The van der Waals surface area contributed by atoms with Gasteiger partial charge in [-0.05, 0) is 64.7 Å². The minimum atomic E-state index is -0.961. The Balaban J connectivity index is 3.41. The van der Waals surface area contributed by atoms with Crippen LogP contribution >= 0.6 is 0 Å². The third-order valence-corrected chi connectivity index (χ3v) is 3.94. The van der Waals surface area contributed by atoms with Crippen LogP contribution in [0.5, 0.6) is 0 Å². The van der Waals surface area contributed by atoms with Gasteiger partial charge in [-0.2, -0.15) is 0 Å². The van der Waals surface area contributed by atoms with E-state index in [0.29, 0.717) is 0 Å². The van der Waals surface area contributed by atoms with Gasteiger partial charge in [-0.1, -0.05) is 13.8 Å². The van der Waals surface area contributed by atoms with Crippen molar-refractivity contribution in [3.8, 4) is 0 Å². The molecule has 2 unspecified atom stereocenters. The van der Waals surface area contributed by atoms with Crippen LogP contribution in [0.4, 0.5) is 9.59 Å². The van der Waals surface area contributed by atoms with E-state index in [9.17, 15) is 9.59 Å². The lowest BCUT2D eigenvalue weighted by Crippen LogP contribution is -2.36. The molecule has 0 aromatic heterocycles. The molecule has 24 heavy (non-hydrogen) atoms. The smallest absolute Gasteiger partial charge is 0.404 e. The molecule has 0 saturated carbocycles. The van der Waals surface area contributed by atoms with Crippen molar-refractivity contribution in [1.82, 2.24) is 21.3 Å². The maximum absolute atomic E-state index is 10.6. The summed E-state index contributed by atoms with van der Waals surface area (Å²) in [6, 6.07) is 0.0326. The first-order valence-electron chi connectivity index (χ1n) is 8.89. The van der Waals surface area contributed by atoms with Gasteiger partial charge in [-0.15, -0.1) is 0 Å². The Hall–Kier alpha value is -1.54. The van der Waals surface area contributed by atoms with Crippen LogP contribution in [0.25, 0.3) is 0 Å². The molecule has 0 aliphatic rings. The fraction of sp³-hybridized carbons (Fsp3) is 0.875. The van der Waals surface area contributed by atoms with E-state index in [4.69, 9.17) is 10.2 Å². The number of nitrogens with one attached hydrogen (secondary N) is 4. The summed E-state index contributed by atoms with van der Waals surface area (Å²) in [6.45, 7) is 7.41. The largest absolute Gasteiger partial charge is 0.465 e. The molecule has 0 fully saturated rings. The van der Waals surface area contributed by atoms with Crippen molar-refractivity contribution >= 4 is 12.2 Å². The Morgan fingerprint density at radius 2 is 1.12 bits per heavy atom. The zero-order valence-corrected chi connectivity index (χ0v) is 14.9. The number of hydrogen-bond donors (Lipinski definition) is 6. The number of rotatable bonds is 15. The molecule has 0 spiro atoms. The Labute approximate surface area is 144 Å². The van der Waals surface area contributed by atoms with Crippen molar-refractivity contribution in [2.24, 2.45) is 0 Å². The Morgan fingerprint density at radius 3 is 1.42 bits per heavy atom. The van der Waals surface area contributed by atoms with E-state index in [0.717, 1.165) is 64.7 Å². The highest BCUT2D eigenvalue weighted by atomic mass is 16.4. The standard InChI is InChI=1S/C16H34N4O4/c1-3-13(19-15(21)22)7-11-17-9-5-6-10-18-12-8-14(4-2)20-16(23)24/h13-14,17-20H,3-12H2,1-2H3,(H,21,22)(H,23,24). The second-order valence-electron chi connectivity index (χ2n) is 5.89. The molecule has 0 aromatic rings. The summed E-state index contributed by atoms with van der Waals surface area (Å²) >= 11 is 0. The summed E-state index contributed by atoms with van der Waals surface area (Å²) < 4.78 is 0. The molecule has 8 heteroatoms. The molecule has 0 heterocycles. The molecule has 0 bridgehead atoms. The molecule has 142 valence electrons. The van der Waals surface area contributed by atoms with Gasteiger partial charge < -0.3 is 31.5 Å². The third-order valence-electron chi connectivity index (χ3n) is 3.94. The van der Waals surface area contributed by atoms with Crippen molar-refractivity contribution in [2.75, 3.05) is 26.2 Å². The predicted octanol–water partition coefficient (Wildman–Crippen LogP) is 1.82. The highest BCUT2D eigenvalue weighted by Crippen LogP contribution is 1.97. The molecule has 2 atom stereocenters. The van der Waals surface area contributed by atoms with Crippen LogP contribution < -0.4 is 21.3 Å². The van der Waals surface area contributed by atoms with Crippen LogP contribution in [0.1, 0.15) is 52.4 Å². The van der Waals surface area contributed by atoms with E-state index >= 15 is 0 Å². The van der Waals surface area contributed by atoms with Crippen molar-refractivity contribution in [3.05, 3.63) is 0 Å². The van der Waals surface area contributed by atoms with Gasteiger partial charge in [0.15, 0.2) is 0 Å². The quantitative estimate of drug-likeness (QED) is 0.251. The van der Waals surface area contributed by atoms with E-state index in [2.05, 4.69) is 21.3 Å². The van der Waals surface area contributed by atoms with Crippen LogP contribution in [0, 0.1) is 0 Å². The minimum Gasteiger partial charge on any atom is -0.465 e. The number of carboxylic acid groups (broad SMARTS) is 2. The number of unbranched alkanes of at least 4 members (excludes halogenated alkanes) is 1. The molecule has 0 aliphatic heterocycles. The van der Waals surface area contributed by atoms with Gasteiger partial charge in [0.2, 0.25) is 0 Å². The lowest BCUT2D eigenvalue weighted by molar-refractivity contribution is 0.187. The second kappa shape index (κ2) is 15.0. The molecule has 0 aliphatic carbocycles. The van der Waals surface area contributed by atoms with Gasteiger partial charge in [-0.25, -0.2) is 9.59 Å². The molecule has 2 amide bonds. The van der Waals surface area contributed by atoms with Gasteiger partial charge >= 0.3 is 12.2 Å². The molecule has 0 radical (unpaired) electrons. The SMILES string of the molecule is CCC(CCNCCCCNCCC(CC)NC(=O)O)NC(=O)O. The monoisotopic (exact) mass is 346 g/mol. The van der Waals surface area contributed by atoms with Crippen LogP contribution in [0.15, 0.2) is 0 Å². The predicted molar refractivity (Wildman–Crippen MR) is 94.7 cm³/mol. The zero-order valence-electron chi connectivity index (χ0n) is 14.9. The molecule has 0 saturated heterocycles. The van der Waals surface area contributed by atoms with Gasteiger partial charge in [0.25, 0.3) is 0 Å². The highest BCUT2D eigenvalue weighted by molar-refractivity contribution is 5.65. The van der Waals surface area contributed by atoms with E-state index in [1.54, 1.807) is 0 Å². The summed E-state index contributed by atoms with van der Waals surface area (Å²) in [5, 5.41) is 29.0. The molecule has 0 rings (SSSR count). The maximum Gasteiger partial charge on any atom is 0.404 e. The van der Waals surface area contributed by atoms with Crippen LogP contribution in [-0.4, -0.2) is 60.7 Å². The van der Waals surface area contributed by atoms with Crippen molar-refractivity contribution in [2.45, 2.75) is 64.5 Å². The van der Waals surface area contributed by atoms with Gasteiger partial charge in [0.05, 0.1) is 0 Å². The first-order valence-corrected chi connectivity index (χ1v) is 8.89. The van der Waals surface area contributed by atoms with Gasteiger partial charge in [0, 0.05) is 12.1 Å². The van der Waals surface area contributed by atoms with Crippen molar-refractivity contribution in [3.63, 3.8) is 0 Å². The highest BCUT2D eigenvalue weighted by Gasteiger charge is 2.08. The van der Waals surface area contributed by atoms with Crippen LogP contribution in [0.3, 0.4) is 0 Å². The van der Waals surface area contributed by atoms with Crippen molar-refractivity contribution in [1.29, 1.82) is 0 Å². The van der Waals surface area contributed by atoms with Gasteiger partial charge in [-0.3, -0.25) is 0 Å². The Morgan fingerprint density at radius 1 is 0.750 bits per heavy atom. The molecular weight excluding hydrogens is 312 g/mol. The topological polar surface area (TPSA) is 123 Å². The van der Waals surface area contributed by atoms with Gasteiger partial charge in [0.1, 0.15) is 0 Å². The van der Waals surface area contributed by atoms with E-state index < -0.39 is 12.2 Å². The summed E-state index contributed by atoms with van der Waals surface area (Å²) in [5.74, 6) is 0. The fourth-order valence-corrected chi connectivity index (χ4v) is 2.41. The third kappa shape index (κ3) is 14.1. The molecule has 8 nitrogen and oxygen atoms in total. The lowest BCUT2D eigenvalue weighted by Gasteiger charge is -2.15. The van der Waals surface area contributed by atoms with Crippen LogP contribution in [-0.2, 0) is 0 Å². The summed E-state index contributed by atoms with van der Waals surface area (Å²) in [5.41, 5.74) is 0. The van der Waals surface area contributed by atoms with E-state index in [-0.39, 0.29) is 12.1 Å². The number of amides is 2. The summed E-state index contributed by atoms with van der Waals surface area (Å²) in [4.78, 5) is 21.1. The first-order chi connectivity index (χ1) is 11.5. The Kier molecular flexibility index (Phi) is 14.1. The normalized spacial score (nSPS) is 13.2. The second-order valence-corrected chi connectivity index (χ2v) is 5.89.